The molecule has 0 aromatic carbocycles. The summed E-state index contributed by atoms with van der Waals surface area (Å²) in [5, 5.41) is 8.56. The monoisotopic (exact) mass is 161 g/mol. The molecule has 1 aromatic heterocycles. The maximum atomic E-state index is 10.8. The van der Waals surface area contributed by atoms with Crippen molar-refractivity contribution in [2.75, 3.05) is 0 Å². The lowest BCUT2D eigenvalue weighted by atomic mass is 10.1. The first-order valence-electron chi connectivity index (χ1n) is 3.32. The van der Waals surface area contributed by atoms with Crippen LogP contribution in [0.3, 0.4) is 0 Å². The lowest BCUT2D eigenvalue weighted by molar-refractivity contribution is 0.0999. The largest absolute Gasteiger partial charge is 0.366 e. The zero-order valence-electron chi connectivity index (χ0n) is 6.53. The Morgan fingerprint density at radius 2 is 2.42 bits per heavy atom. The van der Waals surface area contributed by atoms with Gasteiger partial charge in [0.1, 0.15) is 11.8 Å². The van der Waals surface area contributed by atoms with Crippen LogP contribution in [0.1, 0.15) is 21.6 Å². The Bertz CT molecular complexity index is 365. The van der Waals surface area contributed by atoms with E-state index in [-0.39, 0.29) is 5.69 Å². The number of carbonyl (C=O) groups excluding carboxylic acids is 1. The standard InChI is InChI=1S/C8H7N3O/c1-5-6(8(10)12)2-3-11-7(5)4-9/h2-3H,1H3,(H2,10,12). The second kappa shape index (κ2) is 3.01. The zero-order valence-corrected chi connectivity index (χ0v) is 6.53. The summed E-state index contributed by atoms with van der Waals surface area (Å²) in [6.45, 7) is 1.64. The summed E-state index contributed by atoms with van der Waals surface area (Å²) >= 11 is 0. The molecule has 0 atom stereocenters. The predicted octanol–water partition coefficient (Wildman–Crippen LogP) is 0.361. The molecule has 0 fully saturated rings. The van der Waals surface area contributed by atoms with E-state index in [0.29, 0.717) is 11.1 Å². The van der Waals surface area contributed by atoms with Gasteiger partial charge in [-0.1, -0.05) is 0 Å². The molecule has 4 heteroatoms. The summed E-state index contributed by atoms with van der Waals surface area (Å²) in [6.07, 6.45) is 1.39. The van der Waals surface area contributed by atoms with E-state index >= 15 is 0 Å². The zero-order chi connectivity index (χ0) is 9.14. The highest BCUT2D eigenvalue weighted by molar-refractivity contribution is 5.94. The minimum Gasteiger partial charge on any atom is -0.366 e. The van der Waals surface area contributed by atoms with Crippen molar-refractivity contribution < 1.29 is 4.79 Å². The summed E-state index contributed by atoms with van der Waals surface area (Å²) in [6, 6.07) is 3.37. The number of hydrogen-bond donors (Lipinski definition) is 1. The first-order valence-corrected chi connectivity index (χ1v) is 3.32. The van der Waals surface area contributed by atoms with Crippen LogP contribution in [0, 0.1) is 18.3 Å². The Balaban J connectivity index is 3.35. The molecule has 0 aliphatic rings. The van der Waals surface area contributed by atoms with Gasteiger partial charge in [-0.3, -0.25) is 4.79 Å². The minimum atomic E-state index is -0.536. The molecule has 1 amide bonds. The van der Waals surface area contributed by atoms with Gasteiger partial charge in [-0.2, -0.15) is 5.26 Å². The number of nitrogens with zero attached hydrogens (tertiary/aromatic N) is 2. The third kappa shape index (κ3) is 1.25. The molecule has 0 unspecified atom stereocenters. The number of pyridine rings is 1. The molecule has 0 saturated carbocycles. The van der Waals surface area contributed by atoms with E-state index < -0.39 is 5.91 Å². The molecule has 4 nitrogen and oxygen atoms in total. The van der Waals surface area contributed by atoms with Crippen LogP contribution in [-0.2, 0) is 0 Å². The highest BCUT2D eigenvalue weighted by Crippen LogP contribution is 2.08. The van der Waals surface area contributed by atoms with Gasteiger partial charge in [-0.05, 0) is 18.6 Å². The van der Waals surface area contributed by atoms with E-state index in [1.165, 1.54) is 12.3 Å². The fourth-order valence-corrected chi connectivity index (χ4v) is 0.915. The maximum absolute atomic E-state index is 10.8. The molecule has 12 heavy (non-hydrogen) atoms. The number of amides is 1. The van der Waals surface area contributed by atoms with Crippen LogP contribution in [0.15, 0.2) is 12.3 Å². The van der Waals surface area contributed by atoms with Crippen LogP contribution in [0.25, 0.3) is 0 Å². The lowest BCUT2D eigenvalue weighted by Gasteiger charge is -2.00. The number of aromatic nitrogens is 1. The van der Waals surface area contributed by atoms with Gasteiger partial charge >= 0.3 is 0 Å². The van der Waals surface area contributed by atoms with Gasteiger partial charge in [0.2, 0.25) is 5.91 Å². The van der Waals surface area contributed by atoms with Crippen molar-refractivity contribution in [3.8, 4) is 6.07 Å². The number of primary amides is 1. The smallest absolute Gasteiger partial charge is 0.249 e. The Labute approximate surface area is 69.6 Å². The molecule has 1 heterocycles. The first-order chi connectivity index (χ1) is 5.66. The Morgan fingerprint density at radius 1 is 1.75 bits per heavy atom. The summed E-state index contributed by atoms with van der Waals surface area (Å²) in [7, 11) is 0. The van der Waals surface area contributed by atoms with Crippen molar-refractivity contribution in [1.29, 1.82) is 5.26 Å². The van der Waals surface area contributed by atoms with E-state index in [4.69, 9.17) is 11.0 Å². The average molecular weight is 161 g/mol. The summed E-state index contributed by atoms with van der Waals surface area (Å²) in [4.78, 5) is 14.5. The van der Waals surface area contributed by atoms with Crippen LogP contribution >= 0.6 is 0 Å². The molecule has 1 aromatic rings. The molecule has 0 bridgehead atoms. The number of hydrogen-bond acceptors (Lipinski definition) is 3. The molecule has 0 radical (unpaired) electrons. The molecular weight excluding hydrogens is 154 g/mol. The van der Waals surface area contributed by atoms with E-state index in [0.717, 1.165) is 0 Å². The van der Waals surface area contributed by atoms with Crippen LogP contribution in [0.4, 0.5) is 0 Å². The van der Waals surface area contributed by atoms with E-state index in [1.807, 2.05) is 6.07 Å². The van der Waals surface area contributed by atoms with Gasteiger partial charge in [-0.15, -0.1) is 0 Å². The Morgan fingerprint density at radius 3 is 2.92 bits per heavy atom. The molecule has 0 aliphatic carbocycles. The predicted molar refractivity (Wildman–Crippen MR) is 42.2 cm³/mol. The van der Waals surface area contributed by atoms with E-state index in [2.05, 4.69) is 4.98 Å². The Kier molecular flexibility index (Phi) is 2.06. The van der Waals surface area contributed by atoms with Crippen LogP contribution in [0.2, 0.25) is 0 Å². The third-order valence-corrected chi connectivity index (χ3v) is 1.58. The van der Waals surface area contributed by atoms with E-state index in [1.54, 1.807) is 6.92 Å². The quantitative estimate of drug-likeness (QED) is 0.645. The van der Waals surface area contributed by atoms with Crippen molar-refractivity contribution in [1.82, 2.24) is 4.98 Å². The molecule has 1 rings (SSSR count). The van der Waals surface area contributed by atoms with Crippen LogP contribution in [0.5, 0.6) is 0 Å². The highest BCUT2D eigenvalue weighted by Gasteiger charge is 2.08. The molecule has 0 aliphatic heterocycles. The van der Waals surface area contributed by atoms with Crippen molar-refractivity contribution >= 4 is 5.91 Å². The fraction of sp³-hybridized carbons (Fsp3) is 0.125. The minimum absolute atomic E-state index is 0.242. The first kappa shape index (κ1) is 8.21. The third-order valence-electron chi connectivity index (χ3n) is 1.58. The topological polar surface area (TPSA) is 79.8 Å². The maximum Gasteiger partial charge on any atom is 0.249 e. The Hall–Kier alpha value is -1.89. The van der Waals surface area contributed by atoms with Gasteiger partial charge in [0.05, 0.1) is 0 Å². The highest BCUT2D eigenvalue weighted by atomic mass is 16.1. The SMILES string of the molecule is Cc1c(C(N)=O)ccnc1C#N. The van der Waals surface area contributed by atoms with Gasteiger partial charge < -0.3 is 5.73 Å². The number of carbonyl (C=O) groups is 1. The van der Waals surface area contributed by atoms with Crippen molar-refractivity contribution in [3.63, 3.8) is 0 Å². The summed E-state index contributed by atoms with van der Waals surface area (Å²) < 4.78 is 0. The van der Waals surface area contributed by atoms with E-state index in [9.17, 15) is 4.79 Å². The normalized spacial score (nSPS) is 9.00. The molecule has 2 N–H and O–H groups in total. The van der Waals surface area contributed by atoms with Crippen molar-refractivity contribution in [2.24, 2.45) is 5.73 Å². The van der Waals surface area contributed by atoms with Crippen molar-refractivity contribution in [3.05, 3.63) is 29.1 Å². The number of nitrogens with two attached hydrogens (primary N) is 1. The van der Waals surface area contributed by atoms with Gasteiger partial charge in [-0.25, -0.2) is 4.98 Å². The second-order valence-corrected chi connectivity index (χ2v) is 2.31. The van der Waals surface area contributed by atoms with Crippen LogP contribution in [-0.4, -0.2) is 10.9 Å². The van der Waals surface area contributed by atoms with Gasteiger partial charge in [0.15, 0.2) is 0 Å². The summed E-state index contributed by atoms with van der Waals surface area (Å²) in [5.41, 5.74) is 6.19. The number of rotatable bonds is 1. The van der Waals surface area contributed by atoms with Gasteiger partial charge in [0, 0.05) is 11.8 Å². The number of nitriles is 1. The van der Waals surface area contributed by atoms with Gasteiger partial charge in [0.25, 0.3) is 0 Å². The van der Waals surface area contributed by atoms with Crippen LogP contribution < -0.4 is 5.73 Å². The average Bonchev–Trinajstić information content (AvgIpc) is 2.04. The lowest BCUT2D eigenvalue weighted by Crippen LogP contribution is -2.13. The molecule has 0 spiro atoms. The fourth-order valence-electron chi connectivity index (χ4n) is 0.915. The second-order valence-electron chi connectivity index (χ2n) is 2.31. The molecule has 0 saturated heterocycles. The summed E-state index contributed by atoms with van der Waals surface area (Å²) in [5.74, 6) is -0.536. The molecular formula is C8H7N3O. The molecule has 60 valence electrons. The van der Waals surface area contributed by atoms with Crippen molar-refractivity contribution in [2.45, 2.75) is 6.92 Å².